The van der Waals surface area contributed by atoms with Crippen LogP contribution in [0.1, 0.15) is 39.1 Å². The van der Waals surface area contributed by atoms with Crippen molar-refractivity contribution in [1.29, 1.82) is 0 Å². The minimum atomic E-state index is -1.20. The summed E-state index contributed by atoms with van der Waals surface area (Å²) in [6.07, 6.45) is 1.27. The number of amides is 4. The third kappa shape index (κ3) is 5.07. The van der Waals surface area contributed by atoms with Crippen LogP contribution >= 0.6 is 11.6 Å². The molecule has 0 spiro atoms. The Morgan fingerprint density at radius 3 is 2.60 bits per heavy atom. The van der Waals surface area contributed by atoms with E-state index in [4.69, 9.17) is 16.3 Å². The van der Waals surface area contributed by atoms with Crippen molar-refractivity contribution in [3.05, 3.63) is 82.1 Å². The molecule has 1 saturated heterocycles. The normalized spacial score (nSPS) is 16.4. The number of carbonyl (C=O) groups excluding carboxylic acids is 4. The van der Waals surface area contributed by atoms with Crippen molar-refractivity contribution in [3.63, 3.8) is 0 Å². The number of imide groups is 2. The van der Waals surface area contributed by atoms with Crippen LogP contribution in [-0.4, -0.2) is 51.6 Å². The van der Waals surface area contributed by atoms with Crippen molar-refractivity contribution in [1.82, 2.24) is 20.2 Å². The number of halogens is 3. The average molecular weight is 607 g/mol. The summed E-state index contributed by atoms with van der Waals surface area (Å²) in [5.41, 5.74) is 1.27. The van der Waals surface area contributed by atoms with Gasteiger partial charge in [-0.3, -0.25) is 29.4 Å². The number of ether oxygens (including phenoxy) is 1. The highest BCUT2D eigenvalue weighted by Gasteiger charge is 2.46. The molecule has 2 aliphatic heterocycles. The number of fused-ring (bicyclic) bond motifs is 2. The Hall–Kier alpha value is -5.17. The summed E-state index contributed by atoms with van der Waals surface area (Å²) in [7, 11) is 1.47. The molecule has 3 heterocycles. The average Bonchev–Trinajstić information content (AvgIpc) is 3.23. The molecule has 1 atom stereocenters. The van der Waals surface area contributed by atoms with Gasteiger partial charge in [0.1, 0.15) is 35.6 Å². The molecule has 11 nitrogen and oxygen atoms in total. The number of nitrogens with zero attached hydrogens (tertiary/aromatic N) is 3. The summed E-state index contributed by atoms with van der Waals surface area (Å²) in [6.45, 7) is 0.0238. The third-order valence-electron chi connectivity index (χ3n) is 7.18. The standard InChI is InChI=1S/C29H21ClF2N6O5/c1-43-23-10-20-15(26(35-12-34-20)36-14-2-3-18(31)17(30)8-14)9-21(23)33-11-13-6-16-25(19(32)7-13)29(42)38(28(16)41)22-4-5-24(39)37-27(22)40/h2-3,6-10,12,22,33H,4-5,11H2,1H3,(H,34,35,36)(H,37,39,40). The monoisotopic (exact) mass is 606 g/mol. The molecule has 218 valence electrons. The second-order valence-corrected chi connectivity index (χ2v) is 10.3. The molecular weight excluding hydrogens is 586 g/mol. The van der Waals surface area contributed by atoms with Crippen LogP contribution in [-0.2, 0) is 16.1 Å². The van der Waals surface area contributed by atoms with Crippen LogP contribution in [0.15, 0.2) is 48.8 Å². The van der Waals surface area contributed by atoms with E-state index in [-0.39, 0.29) is 30.0 Å². The Labute approximate surface area is 247 Å². The fourth-order valence-electron chi connectivity index (χ4n) is 5.10. The summed E-state index contributed by atoms with van der Waals surface area (Å²) in [5.74, 6) is -3.68. The molecule has 2 aliphatic rings. The number of piperidine rings is 1. The summed E-state index contributed by atoms with van der Waals surface area (Å²) < 4.78 is 34.3. The number of benzene rings is 3. The van der Waals surface area contributed by atoms with Gasteiger partial charge in [-0.2, -0.15) is 0 Å². The number of rotatable bonds is 7. The minimum Gasteiger partial charge on any atom is -0.495 e. The molecule has 4 amide bonds. The van der Waals surface area contributed by atoms with Crippen LogP contribution in [0.4, 0.5) is 26.0 Å². The van der Waals surface area contributed by atoms with Gasteiger partial charge in [-0.05, 0) is 48.4 Å². The van der Waals surface area contributed by atoms with Gasteiger partial charge in [0.15, 0.2) is 0 Å². The van der Waals surface area contributed by atoms with E-state index >= 15 is 4.39 Å². The lowest BCUT2D eigenvalue weighted by Gasteiger charge is -2.27. The zero-order valence-corrected chi connectivity index (χ0v) is 23.1. The summed E-state index contributed by atoms with van der Waals surface area (Å²) >= 11 is 5.91. The van der Waals surface area contributed by atoms with Crippen LogP contribution in [0.3, 0.4) is 0 Å². The van der Waals surface area contributed by atoms with Gasteiger partial charge in [-0.15, -0.1) is 0 Å². The van der Waals surface area contributed by atoms with E-state index in [0.717, 1.165) is 6.07 Å². The molecule has 0 saturated carbocycles. The molecule has 0 radical (unpaired) electrons. The van der Waals surface area contributed by atoms with E-state index in [0.29, 0.717) is 44.3 Å². The maximum absolute atomic E-state index is 15.2. The molecule has 1 unspecified atom stereocenters. The lowest BCUT2D eigenvalue weighted by atomic mass is 10.0. The molecule has 1 aromatic heterocycles. The predicted molar refractivity (Wildman–Crippen MR) is 151 cm³/mol. The molecular formula is C29H21ClF2N6O5. The Morgan fingerprint density at radius 1 is 1.05 bits per heavy atom. The smallest absolute Gasteiger partial charge is 0.265 e. The van der Waals surface area contributed by atoms with Crippen molar-refractivity contribution >= 4 is 63.3 Å². The molecule has 43 heavy (non-hydrogen) atoms. The molecule has 6 rings (SSSR count). The van der Waals surface area contributed by atoms with Gasteiger partial charge in [-0.25, -0.2) is 18.7 Å². The fraction of sp³-hybridized carbons (Fsp3) is 0.172. The molecule has 4 aromatic rings. The van der Waals surface area contributed by atoms with Gasteiger partial charge >= 0.3 is 0 Å². The minimum absolute atomic E-state index is 0.0238. The van der Waals surface area contributed by atoms with Crippen molar-refractivity contribution in [2.75, 3.05) is 17.7 Å². The van der Waals surface area contributed by atoms with Crippen molar-refractivity contribution in [3.8, 4) is 5.75 Å². The quantitative estimate of drug-likeness (QED) is 0.262. The maximum atomic E-state index is 15.2. The van der Waals surface area contributed by atoms with Gasteiger partial charge in [0, 0.05) is 30.1 Å². The number of carbonyl (C=O) groups is 4. The largest absolute Gasteiger partial charge is 0.495 e. The Balaban J connectivity index is 1.27. The summed E-state index contributed by atoms with van der Waals surface area (Å²) in [5, 5.41) is 8.87. The molecule has 14 heteroatoms. The lowest BCUT2D eigenvalue weighted by Crippen LogP contribution is -2.54. The van der Waals surface area contributed by atoms with Crippen LogP contribution in [0.2, 0.25) is 5.02 Å². The lowest BCUT2D eigenvalue weighted by molar-refractivity contribution is -0.136. The van der Waals surface area contributed by atoms with Crippen molar-refractivity contribution < 1.29 is 32.7 Å². The van der Waals surface area contributed by atoms with Gasteiger partial charge in [0.25, 0.3) is 11.8 Å². The van der Waals surface area contributed by atoms with E-state index in [1.807, 2.05) is 0 Å². The molecule has 3 N–H and O–H groups in total. The van der Waals surface area contributed by atoms with Crippen LogP contribution in [0.5, 0.6) is 5.75 Å². The number of anilines is 3. The SMILES string of the molecule is COc1cc2ncnc(Nc3ccc(F)c(Cl)c3)c2cc1NCc1cc(F)c2c(c1)C(=O)N(C1CCC(=O)NC1=O)C2=O. The number of methoxy groups -OCH3 is 1. The zero-order valence-electron chi connectivity index (χ0n) is 22.3. The second-order valence-electron chi connectivity index (χ2n) is 9.85. The van der Waals surface area contributed by atoms with Crippen LogP contribution in [0.25, 0.3) is 10.9 Å². The number of nitrogens with one attached hydrogen (secondary N) is 3. The van der Waals surface area contributed by atoms with E-state index in [2.05, 4.69) is 25.9 Å². The molecule has 1 fully saturated rings. The van der Waals surface area contributed by atoms with E-state index < -0.39 is 46.9 Å². The molecule has 0 aliphatic carbocycles. The molecule has 3 aromatic carbocycles. The van der Waals surface area contributed by atoms with Gasteiger partial charge in [0.05, 0.1) is 34.5 Å². The second kappa shape index (κ2) is 10.9. The van der Waals surface area contributed by atoms with E-state index in [1.54, 1.807) is 12.1 Å². The first-order valence-electron chi connectivity index (χ1n) is 13.0. The van der Waals surface area contributed by atoms with Gasteiger partial charge in [0.2, 0.25) is 11.8 Å². The first kappa shape index (κ1) is 28.0. The number of aromatic nitrogens is 2. The van der Waals surface area contributed by atoms with Crippen molar-refractivity contribution in [2.24, 2.45) is 0 Å². The van der Waals surface area contributed by atoms with Gasteiger partial charge in [-0.1, -0.05) is 11.6 Å². The first-order chi connectivity index (χ1) is 20.6. The van der Waals surface area contributed by atoms with Crippen LogP contribution < -0.4 is 20.7 Å². The van der Waals surface area contributed by atoms with Crippen LogP contribution in [0, 0.1) is 11.6 Å². The first-order valence-corrected chi connectivity index (χ1v) is 13.3. The number of hydrogen-bond acceptors (Lipinski definition) is 9. The highest BCUT2D eigenvalue weighted by molar-refractivity contribution is 6.31. The predicted octanol–water partition coefficient (Wildman–Crippen LogP) is 4.33. The maximum Gasteiger partial charge on any atom is 0.265 e. The highest BCUT2D eigenvalue weighted by Crippen LogP contribution is 2.35. The number of hydrogen-bond donors (Lipinski definition) is 3. The highest BCUT2D eigenvalue weighted by atomic mass is 35.5. The van der Waals surface area contributed by atoms with E-state index in [9.17, 15) is 23.6 Å². The van der Waals surface area contributed by atoms with E-state index in [1.165, 1.54) is 37.7 Å². The topological polar surface area (TPSA) is 143 Å². The Bertz CT molecular complexity index is 1870. The third-order valence-corrected chi connectivity index (χ3v) is 7.47. The summed E-state index contributed by atoms with van der Waals surface area (Å²) in [4.78, 5) is 59.3. The Morgan fingerprint density at radius 2 is 1.86 bits per heavy atom. The van der Waals surface area contributed by atoms with Crippen molar-refractivity contribution in [2.45, 2.75) is 25.4 Å². The Kier molecular flexibility index (Phi) is 7.10. The van der Waals surface area contributed by atoms with Gasteiger partial charge < -0.3 is 15.4 Å². The molecule has 0 bridgehead atoms. The fourth-order valence-corrected chi connectivity index (χ4v) is 5.28. The summed E-state index contributed by atoms with van der Waals surface area (Å²) in [6, 6.07) is 8.85. The zero-order chi connectivity index (χ0) is 30.4.